The van der Waals surface area contributed by atoms with E-state index in [1.807, 2.05) is 30.3 Å². The molecule has 1 saturated heterocycles. The normalized spacial score (nSPS) is 17.7. The maximum Gasteiger partial charge on any atom is 0.269 e. The summed E-state index contributed by atoms with van der Waals surface area (Å²) in [5.41, 5.74) is 1.31. The SMILES string of the molecule is COCCOCCN1CCC[C@H]1CNC(=O)c1ccc2ccccc2n1. The van der Waals surface area contributed by atoms with E-state index in [0.29, 0.717) is 38.1 Å². The fourth-order valence-electron chi connectivity index (χ4n) is 3.34. The summed E-state index contributed by atoms with van der Waals surface area (Å²) in [4.78, 5) is 19.3. The Labute approximate surface area is 154 Å². The van der Waals surface area contributed by atoms with Gasteiger partial charge in [0, 0.05) is 31.6 Å². The number of carbonyl (C=O) groups is 1. The fourth-order valence-corrected chi connectivity index (χ4v) is 3.34. The maximum atomic E-state index is 12.5. The monoisotopic (exact) mass is 357 g/mol. The summed E-state index contributed by atoms with van der Waals surface area (Å²) in [7, 11) is 1.67. The first-order valence-electron chi connectivity index (χ1n) is 9.22. The Morgan fingerprint density at radius 1 is 1.23 bits per heavy atom. The highest BCUT2D eigenvalue weighted by atomic mass is 16.5. The molecule has 1 aromatic carbocycles. The minimum Gasteiger partial charge on any atom is -0.382 e. The number of ether oxygens (including phenoxy) is 2. The Kier molecular flexibility index (Phi) is 6.94. The van der Waals surface area contributed by atoms with Crippen molar-refractivity contribution in [2.24, 2.45) is 0 Å². The number of hydrogen-bond acceptors (Lipinski definition) is 5. The van der Waals surface area contributed by atoms with Gasteiger partial charge in [0.2, 0.25) is 0 Å². The maximum absolute atomic E-state index is 12.5. The number of pyridine rings is 1. The molecule has 0 aliphatic carbocycles. The van der Waals surface area contributed by atoms with Gasteiger partial charge in [-0.2, -0.15) is 0 Å². The van der Waals surface area contributed by atoms with Crippen molar-refractivity contribution in [3.05, 3.63) is 42.1 Å². The van der Waals surface area contributed by atoms with Crippen molar-refractivity contribution in [1.82, 2.24) is 15.2 Å². The second-order valence-corrected chi connectivity index (χ2v) is 6.54. The molecule has 0 spiro atoms. The Bertz CT molecular complexity index is 722. The summed E-state index contributed by atoms with van der Waals surface area (Å²) >= 11 is 0. The molecule has 1 amide bonds. The summed E-state index contributed by atoms with van der Waals surface area (Å²) < 4.78 is 10.5. The van der Waals surface area contributed by atoms with E-state index >= 15 is 0 Å². The minimum absolute atomic E-state index is 0.112. The predicted octanol–water partition coefficient (Wildman–Crippen LogP) is 2.09. The molecule has 1 aliphatic heterocycles. The molecule has 6 heteroatoms. The molecule has 3 rings (SSSR count). The van der Waals surface area contributed by atoms with Gasteiger partial charge in [0.1, 0.15) is 5.69 Å². The third-order valence-electron chi connectivity index (χ3n) is 4.78. The number of nitrogens with zero attached hydrogens (tertiary/aromatic N) is 2. The van der Waals surface area contributed by atoms with Gasteiger partial charge in [-0.3, -0.25) is 9.69 Å². The molecular weight excluding hydrogens is 330 g/mol. The Hall–Kier alpha value is -2.02. The van der Waals surface area contributed by atoms with E-state index in [1.165, 1.54) is 0 Å². The first kappa shape index (κ1) is 18.8. The van der Waals surface area contributed by atoms with Crippen LogP contribution >= 0.6 is 0 Å². The average Bonchev–Trinajstić information content (AvgIpc) is 3.13. The zero-order valence-corrected chi connectivity index (χ0v) is 15.3. The van der Waals surface area contributed by atoms with Crippen LogP contribution in [0.15, 0.2) is 36.4 Å². The van der Waals surface area contributed by atoms with Crippen molar-refractivity contribution in [3.8, 4) is 0 Å². The van der Waals surface area contributed by atoms with E-state index in [4.69, 9.17) is 9.47 Å². The summed E-state index contributed by atoms with van der Waals surface area (Å²) in [6.07, 6.45) is 2.26. The highest BCUT2D eigenvalue weighted by Crippen LogP contribution is 2.16. The third kappa shape index (κ3) is 5.00. The van der Waals surface area contributed by atoms with Crippen LogP contribution < -0.4 is 5.32 Å². The molecule has 1 fully saturated rings. The van der Waals surface area contributed by atoms with E-state index in [-0.39, 0.29) is 5.91 Å². The van der Waals surface area contributed by atoms with Gasteiger partial charge >= 0.3 is 0 Å². The molecule has 26 heavy (non-hydrogen) atoms. The van der Waals surface area contributed by atoms with E-state index in [9.17, 15) is 4.79 Å². The molecule has 140 valence electrons. The van der Waals surface area contributed by atoms with E-state index < -0.39 is 0 Å². The average molecular weight is 357 g/mol. The number of nitrogens with one attached hydrogen (secondary N) is 1. The molecule has 2 heterocycles. The van der Waals surface area contributed by atoms with Gasteiger partial charge in [-0.15, -0.1) is 0 Å². The Morgan fingerprint density at radius 3 is 3.00 bits per heavy atom. The van der Waals surface area contributed by atoms with Crippen molar-refractivity contribution in [3.63, 3.8) is 0 Å². The zero-order chi connectivity index (χ0) is 18.2. The first-order chi connectivity index (χ1) is 12.8. The van der Waals surface area contributed by atoms with Crippen LogP contribution in [0.4, 0.5) is 0 Å². The summed E-state index contributed by atoms with van der Waals surface area (Å²) in [6.45, 7) is 4.53. The Morgan fingerprint density at radius 2 is 2.12 bits per heavy atom. The molecular formula is C20H27N3O3. The molecule has 0 radical (unpaired) electrons. The minimum atomic E-state index is -0.112. The van der Waals surface area contributed by atoms with Gasteiger partial charge in [-0.1, -0.05) is 24.3 Å². The van der Waals surface area contributed by atoms with E-state index in [1.54, 1.807) is 13.2 Å². The number of amides is 1. The lowest BCUT2D eigenvalue weighted by Crippen LogP contribution is -2.41. The van der Waals surface area contributed by atoms with Crippen LogP contribution in [0.2, 0.25) is 0 Å². The number of carbonyl (C=O) groups excluding carboxylic acids is 1. The van der Waals surface area contributed by atoms with Crippen LogP contribution in [-0.2, 0) is 9.47 Å². The predicted molar refractivity (Wildman–Crippen MR) is 101 cm³/mol. The standard InChI is InChI=1S/C20H27N3O3/c1-25-13-14-26-12-11-23-10-4-6-17(23)15-21-20(24)19-9-8-16-5-2-3-7-18(16)22-19/h2-3,5,7-9,17H,4,6,10-15H2,1H3,(H,21,24)/t17-/m0/s1. The molecule has 1 aliphatic rings. The van der Waals surface area contributed by atoms with Crippen LogP contribution in [0.25, 0.3) is 10.9 Å². The van der Waals surface area contributed by atoms with Crippen molar-refractivity contribution in [2.45, 2.75) is 18.9 Å². The molecule has 0 unspecified atom stereocenters. The van der Waals surface area contributed by atoms with Gasteiger partial charge in [0.05, 0.1) is 25.3 Å². The lowest BCUT2D eigenvalue weighted by atomic mass is 10.2. The lowest BCUT2D eigenvalue weighted by Gasteiger charge is -2.24. The van der Waals surface area contributed by atoms with Crippen LogP contribution in [0, 0.1) is 0 Å². The summed E-state index contributed by atoms with van der Waals surface area (Å²) in [6, 6.07) is 11.9. The molecule has 1 N–H and O–H groups in total. The lowest BCUT2D eigenvalue weighted by molar-refractivity contribution is 0.0550. The highest BCUT2D eigenvalue weighted by Gasteiger charge is 2.24. The van der Waals surface area contributed by atoms with Gasteiger partial charge < -0.3 is 14.8 Å². The van der Waals surface area contributed by atoms with Gasteiger partial charge in [0.15, 0.2) is 0 Å². The quantitative estimate of drug-likeness (QED) is 0.696. The number of methoxy groups -OCH3 is 1. The largest absolute Gasteiger partial charge is 0.382 e. The third-order valence-corrected chi connectivity index (χ3v) is 4.78. The molecule has 1 atom stereocenters. The number of rotatable bonds is 9. The number of benzene rings is 1. The number of para-hydroxylation sites is 1. The van der Waals surface area contributed by atoms with Crippen LogP contribution in [0.1, 0.15) is 23.3 Å². The summed E-state index contributed by atoms with van der Waals surface area (Å²) in [5.74, 6) is -0.112. The van der Waals surface area contributed by atoms with E-state index in [2.05, 4.69) is 15.2 Å². The molecule has 2 aromatic rings. The molecule has 1 aromatic heterocycles. The van der Waals surface area contributed by atoms with Crippen molar-refractivity contribution < 1.29 is 14.3 Å². The number of likely N-dealkylation sites (tertiary alicyclic amines) is 1. The number of fused-ring (bicyclic) bond motifs is 1. The summed E-state index contributed by atoms with van der Waals surface area (Å²) in [5, 5.41) is 4.08. The van der Waals surface area contributed by atoms with Crippen molar-refractivity contribution in [1.29, 1.82) is 0 Å². The molecule has 0 saturated carbocycles. The topological polar surface area (TPSA) is 63.7 Å². The number of hydrogen-bond donors (Lipinski definition) is 1. The van der Waals surface area contributed by atoms with Crippen LogP contribution in [0.5, 0.6) is 0 Å². The van der Waals surface area contributed by atoms with Gasteiger partial charge in [-0.25, -0.2) is 4.98 Å². The van der Waals surface area contributed by atoms with Crippen molar-refractivity contribution in [2.75, 3.05) is 46.6 Å². The molecule has 0 bridgehead atoms. The van der Waals surface area contributed by atoms with Crippen LogP contribution in [0.3, 0.4) is 0 Å². The second kappa shape index (κ2) is 9.62. The van der Waals surface area contributed by atoms with Gasteiger partial charge in [-0.05, 0) is 31.5 Å². The zero-order valence-electron chi connectivity index (χ0n) is 15.3. The van der Waals surface area contributed by atoms with E-state index in [0.717, 1.165) is 36.8 Å². The fraction of sp³-hybridized carbons (Fsp3) is 0.500. The van der Waals surface area contributed by atoms with Crippen LogP contribution in [-0.4, -0.2) is 68.4 Å². The number of aromatic nitrogens is 1. The van der Waals surface area contributed by atoms with Gasteiger partial charge in [0.25, 0.3) is 5.91 Å². The smallest absolute Gasteiger partial charge is 0.269 e. The Balaban J connectivity index is 1.48. The van der Waals surface area contributed by atoms with Crippen molar-refractivity contribution >= 4 is 16.8 Å². The molecule has 6 nitrogen and oxygen atoms in total. The first-order valence-corrected chi connectivity index (χ1v) is 9.22. The highest BCUT2D eigenvalue weighted by molar-refractivity contribution is 5.94. The second-order valence-electron chi connectivity index (χ2n) is 6.54.